The van der Waals surface area contributed by atoms with Gasteiger partial charge < -0.3 is 20.5 Å². The fourth-order valence-corrected chi connectivity index (χ4v) is 8.05. The Balaban J connectivity index is 1.15. The predicted molar refractivity (Wildman–Crippen MR) is 134 cm³/mol. The third-order valence-electron chi connectivity index (χ3n) is 10.0. The number of allylic oxidation sites excluding steroid dienone is 1. The molecule has 6 nitrogen and oxygen atoms in total. The summed E-state index contributed by atoms with van der Waals surface area (Å²) in [5.74, 6) is 1.81. The van der Waals surface area contributed by atoms with Crippen molar-refractivity contribution < 1.29 is 19.4 Å². The maximum atomic E-state index is 12.7. The Hall–Kier alpha value is -2.34. The molecule has 2 amide bonds. The van der Waals surface area contributed by atoms with Crippen molar-refractivity contribution in [3.05, 3.63) is 47.5 Å². The van der Waals surface area contributed by atoms with E-state index < -0.39 is 6.09 Å². The first kappa shape index (κ1) is 24.4. The summed E-state index contributed by atoms with van der Waals surface area (Å²) in [7, 11) is 0. The highest BCUT2D eigenvalue weighted by atomic mass is 16.5. The van der Waals surface area contributed by atoms with Gasteiger partial charge in [-0.15, -0.1) is 0 Å². The Kier molecular flexibility index (Phi) is 6.69. The molecule has 0 spiro atoms. The van der Waals surface area contributed by atoms with E-state index in [-0.39, 0.29) is 42.0 Å². The number of aliphatic hydroxyl groups is 1. The summed E-state index contributed by atoms with van der Waals surface area (Å²) in [5, 5.41) is 16.1. The Morgan fingerprint density at radius 3 is 2.66 bits per heavy atom. The van der Waals surface area contributed by atoms with Crippen LogP contribution in [0.15, 0.2) is 42.0 Å². The van der Waals surface area contributed by atoms with Crippen LogP contribution in [-0.4, -0.2) is 35.8 Å². The smallest absolute Gasteiger partial charge is 0.407 e. The molecule has 0 bridgehead atoms. The summed E-state index contributed by atoms with van der Waals surface area (Å²) in [4.78, 5) is 24.8. The second kappa shape index (κ2) is 9.61. The van der Waals surface area contributed by atoms with E-state index in [4.69, 9.17) is 4.74 Å². The van der Waals surface area contributed by atoms with Crippen LogP contribution in [0.5, 0.6) is 0 Å². The average Bonchev–Trinajstić information content (AvgIpc) is 3.18. The molecule has 3 fully saturated rings. The molecule has 0 heterocycles. The number of hydrogen-bond acceptors (Lipinski definition) is 4. The Labute approximate surface area is 208 Å². The second-order valence-electron chi connectivity index (χ2n) is 11.8. The highest BCUT2D eigenvalue weighted by molar-refractivity contribution is 5.82. The Morgan fingerprint density at radius 1 is 1.06 bits per heavy atom. The summed E-state index contributed by atoms with van der Waals surface area (Å²) in [6, 6.07) is 9.65. The largest absolute Gasteiger partial charge is 0.445 e. The number of rotatable bonds is 5. The van der Waals surface area contributed by atoms with E-state index in [1.807, 2.05) is 30.3 Å². The molecule has 0 radical (unpaired) electrons. The molecular weight excluding hydrogens is 440 g/mol. The van der Waals surface area contributed by atoms with Gasteiger partial charge >= 0.3 is 6.09 Å². The lowest BCUT2D eigenvalue weighted by Gasteiger charge is -2.58. The van der Waals surface area contributed by atoms with Crippen LogP contribution in [-0.2, 0) is 16.1 Å². The molecule has 0 aliphatic heterocycles. The third-order valence-corrected chi connectivity index (χ3v) is 10.0. The number of aliphatic hydroxyl groups excluding tert-OH is 1. The number of amides is 2. The van der Waals surface area contributed by atoms with E-state index in [2.05, 4.69) is 30.6 Å². The molecule has 4 aliphatic rings. The number of alkyl carbamates (subject to hydrolysis) is 1. The molecule has 3 N–H and O–H groups in total. The summed E-state index contributed by atoms with van der Waals surface area (Å²) >= 11 is 0. The number of carbonyl (C=O) groups excluding carboxylic acids is 2. The third kappa shape index (κ3) is 4.62. The van der Waals surface area contributed by atoms with Crippen LogP contribution < -0.4 is 10.6 Å². The van der Waals surface area contributed by atoms with Crippen LogP contribution in [0.3, 0.4) is 0 Å². The van der Waals surface area contributed by atoms with Gasteiger partial charge in [-0.1, -0.05) is 55.8 Å². The van der Waals surface area contributed by atoms with Gasteiger partial charge in [-0.2, -0.15) is 0 Å². The maximum Gasteiger partial charge on any atom is 0.407 e. The summed E-state index contributed by atoms with van der Waals surface area (Å²) in [6.45, 7) is 4.94. The fraction of sp³-hybridized carbons (Fsp3) is 0.655. The average molecular weight is 481 g/mol. The zero-order valence-electron chi connectivity index (χ0n) is 21.1. The minimum absolute atomic E-state index is 0.0661. The predicted octanol–water partition coefficient (Wildman–Crippen LogP) is 4.72. The van der Waals surface area contributed by atoms with Crippen molar-refractivity contribution in [1.29, 1.82) is 0 Å². The molecule has 0 aromatic heterocycles. The first-order valence-electron chi connectivity index (χ1n) is 13.4. The number of nitrogens with one attached hydrogen (secondary N) is 2. The maximum absolute atomic E-state index is 12.7. The van der Waals surface area contributed by atoms with Crippen LogP contribution in [0, 0.1) is 28.6 Å². The summed E-state index contributed by atoms with van der Waals surface area (Å²) in [5.41, 5.74) is 2.74. The number of carbonyl (C=O) groups is 2. The van der Waals surface area contributed by atoms with Crippen molar-refractivity contribution in [2.75, 3.05) is 6.54 Å². The van der Waals surface area contributed by atoms with Gasteiger partial charge in [0.1, 0.15) is 13.2 Å². The second-order valence-corrected chi connectivity index (χ2v) is 11.8. The molecule has 1 aromatic carbocycles. The molecule has 6 heteroatoms. The Morgan fingerprint density at radius 2 is 1.86 bits per heavy atom. The number of benzene rings is 1. The van der Waals surface area contributed by atoms with Crippen molar-refractivity contribution in [1.82, 2.24) is 10.6 Å². The lowest BCUT2D eigenvalue weighted by molar-refractivity contribution is -0.122. The molecule has 4 aliphatic carbocycles. The highest BCUT2D eigenvalue weighted by Crippen LogP contribution is 2.64. The molecule has 7 atom stereocenters. The quantitative estimate of drug-likeness (QED) is 0.532. The van der Waals surface area contributed by atoms with E-state index in [0.29, 0.717) is 17.8 Å². The minimum atomic E-state index is -0.573. The van der Waals surface area contributed by atoms with Gasteiger partial charge in [-0.25, -0.2) is 4.79 Å². The molecular formula is C29H40N2O4. The first-order chi connectivity index (χ1) is 16.8. The highest BCUT2D eigenvalue weighted by Gasteiger charge is 2.58. The van der Waals surface area contributed by atoms with Gasteiger partial charge in [0, 0.05) is 6.04 Å². The standard InChI is InChI=1S/C29H40N2O4/c1-28-14-12-21(32)16-20(28)8-9-22-23-10-11-25(29(23,2)15-13-24(22)28)31-26(33)17-30-27(34)35-18-19-6-4-3-5-7-19/h3-8,21-25,32H,9-18H2,1-2H3,(H,30,34)(H,31,33)/t21-,22-,23-,24-,25+,28-,29-/m0/s1. The molecule has 3 saturated carbocycles. The monoisotopic (exact) mass is 480 g/mol. The molecule has 0 saturated heterocycles. The van der Waals surface area contributed by atoms with Crippen molar-refractivity contribution in [2.45, 2.75) is 84.0 Å². The van der Waals surface area contributed by atoms with Crippen LogP contribution in [0.4, 0.5) is 4.79 Å². The van der Waals surface area contributed by atoms with Gasteiger partial charge in [0.05, 0.1) is 6.10 Å². The van der Waals surface area contributed by atoms with E-state index in [9.17, 15) is 14.7 Å². The van der Waals surface area contributed by atoms with E-state index in [1.54, 1.807) is 0 Å². The summed E-state index contributed by atoms with van der Waals surface area (Å²) in [6.07, 6.45) is 10.1. The Bertz CT molecular complexity index is 978. The van der Waals surface area contributed by atoms with Gasteiger partial charge in [-0.3, -0.25) is 4.79 Å². The molecule has 0 unspecified atom stereocenters. The van der Waals surface area contributed by atoms with Crippen molar-refractivity contribution in [3.63, 3.8) is 0 Å². The zero-order valence-corrected chi connectivity index (χ0v) is 21.1. The van der Waals surface area contributed by atoms with Crippen molar-refractivity contribution in [2.24, 2.45) is 28.6 Å². The van der Waals surface area contributed by atoms with Crippen LogP contribution >= 0.6 is 0 Å². The lowest BCUT2D eigenvalue weighted by atomic mass is 9.48. The van der Waals surface area contributed by atoms with E-state index in [0.717, 1.165) is 50.5 Å². The van der Waals surface area contributed by atoms with Crippen molar-refractivity contribution in [3.8, 4) is 0 Å². The van der Waals surface area contributed by atoms with Crippen LogP contribution in [0.1, 0.15) is 70.8 Å². The normalized spacial score (nSPS) is 37.8. The van der Waals surface area contributed by atoms with Gasteiger partial charge in [0.15, 0.2) is 0 Å². The van der Waals surface area contributed by atoms with Gasteiger partial charge in [0.25, 0.3) is 0 Å². The SMILES string of the molecule is C[C@]12CC[C@H]3[C@@H](CC=C4C[C@@H](O)CC[C@@]43C)[C@@H]1CC[C@H]2NC(=O)CNC(=O)OCc1ccccc1. The number of ether oxygens (including phenoxy) is 1. The van der Waals surface area contributed by atoms with Crippen LogP contribution in [0.2, 0.25) is 0 Å². The fourth-order valence-electron chi connectivity index (χ4n) is 8.05. The van der Waals surface area contributed by atoms with E-state index >= 15 is 0 Å². The molecule has 1 aromatic rings. The van der Waals surface area contributed by atoms with Crippen LogP contribution in [0.25, 0.3) is 0 Å². The molecule has 35 heavy (non-hydrogen) atoms. The van der Waals surface area contributed by atoms with E-state index in [1.165, 1.54) is 12.0 Å². The van der Waals surface area contributed by atoms with Crippen molar-refractivity contribution >= 4 is 12.0 Å². The molecule has 190 valence electrons. The van der Waals surface area contributed by atoms with Gasteiger partial charge in [0.2, 0.25) is 5.91 Å². The first-order valence-corrected chi connectivity index (χ1v) is 13.4. The summed E-state index contributed by atoms with van der Waals surface area (Å²) < 4.78 is 5.22. The number of fused-ring (bicyclic) bond motifs is 5. The minimum Gasteiger partial charge on any atom is -0.445 e. The molecule has 5 rings (SSSR count). The van der Waals surface area contributed by atoms with Gasteiger partial charge in [-0.05, 0) is 85.5 Å². The zero-order chi connectivity index (χ0) is 24.6. The topological polar surface area (TPSA) is 87.7 Å². The number of hydrogen-bond donors (Lipinski definition) is 3. The lowest BCUT2D eigenvalue weighted by Crippen LogP contribution is -2.54.